The molecule has 0 aliphatic carbocycles. The minimum Gasteiger partial charge on any atom is -0.350 e. The monoisotopic (exact) mass is 239 g/mol. The molecule has 1 aromatic heterocycles. The van der Waals surface area contributed by atoms with Gasteiger partial charge in [0, 0.05) is 25.0 Å². The van der Waals surface area contributed by atoms with Crippen molar-refractivity contribution in [2.24, 2.45) is 5.73 Å². The lowest BCUT2D eigenvalue weighted by Gasteiger charge is -2.04. The van der Waals surface area contributed by atoms with E-state index in [1.54, 1.807) is 0 Å². The van der Waals surface area contributed by atoms with Crippen LogP contribution in [0.3, 0.4) is 0 Å². The molecule has 2 rings (SSSR count). The van der Waals surface area contributed by atoms with Gasteiger partial charge in [-0.3, -0.25) is 0 Å². The first kappa shape index (κ1) is 12.4. The van der Waals surface area contributed by atoms with Gasteiger partial charge in [0.2, 0.25) is 0 Å². The fourth-order valence-corrected chi connectivity index (χ4v) is 2.03. The number of nitriles is 1. The van der Waals surface area contributed by atoms with Gasteiger partial charge in [-0.05, 0) is 42.7 Å². The Labute approximate surface area is 107 Å². The van der Waals surface area contributed by atoms with Gasteiger partial charge < -0.3 is 10.3 Å². The summed E-state index contributed by atoms with van der Waals surface area (Å²) in [6.07, 6.45) is 5.06. The summed E-state index contributed by atoms with van der Waals surface area (Å²) in [6, 6.07) is 12.1. The molecule has 0 bridgehead atoms. The van der Waals surface area contributed by atoms with Crippen LogP contribution in [0.1, 0.15) is 23.6 Å². The Morgan fingerprint density at radius 2 is 2.17 bits per heavy atom. The Kier molecular flexibility index (Phi) is 3.81. The standard InChI is InChI=1S/C15H17N3/c1-12(17)7-15-5-6-18(11-15)10-14-4-2-3-13(8-14)9-16/h2-6,8,11-12H,7,10,17H2,1H3. The van der Waals surface area contributed by atoms with Crippen LogP contribution in [0.25, 0.3) is 0 Å². The second-order valence-corrected chi connectivity index (χ2v) is 4.69. The molecule has 1 aromatic carbocycles. The molecule has 0 aliphatic rings. The number of hydrogen-bond acceptors (Lipinski definition) is 2. The third-order valence-corrected chi connectivity index (χ3v) is 2.79. The molecule has 1 heterocycles. The molecule has 0 saturated carbocycles. The molecule has 18 heavy (non-hydrogen) atoms. The summed E-state index contributed by atoms with van der Waals surface area (Å²) in [7, 11) is 0. The van der Waals surface area contributed by atoms with Crippen molar-refractivity contribution in [2.45, 2.75) is 25.9 Å². The highest BCUT2D eigenvalue weighted by atomic mass is 14.9. The predicted molar refractivity (Wildman–Crippen MR) is 72.0 cm³/mol. The number of hydrogen-bond donors (Lipinski definition) is 1. The number of aromatic nitrogens is 1. The molecule has 3 heteroatoms. The zero-order valence-electron chi connectivity index (χ0n) is 10.5. The van der Waals surface area contributed by atoms with Crippen molar-refractivity contribution in [3.05, 3.63) is 59.4 Å². The van der Waals surface area contributed by atoms with Crippen molar-refractivity contribution in [3.8, 4) is 6.07 Å². The van der Waals surface area contributed by atoms with Crippen LogP contribution in [0.4, 0.5) is 0 Å². The molecule has 0 aliphatic heterocycles. The summed E-state index contributed by atoms with van der Waals surface area (Å²) in [5.74, 6) is 0. The van der Waals surface area contributed by atoms with Crippen molar-refractivity contribution >= 4 is 0 Å². The van der Waals surface area contributed by atoms with Gasteiger partial charge in [0.05, 0.1) is 11.6 Å². The zero-order valence-corrected chi connectivity index (χ0v) is 10.5. The van der Waals surface area contributed by atoms with E-state index in [0.717, 1.165) is 18.5 Å². The molecule has 3 nitrogen and oxygen atoms in total. The number of nitrogens with two attached hydrogens (primary N) is 1. The van der Waals surface area contributed by atoms with Crippen LogP contribution < -0.4 is 5.73 Å². The van der Waals surface area contributed by atoms with Crippen molar-refractivity contribution in [1.29, 1.82) is 5.26 Å². The predicted octanol–water partition coefficient (Wildman–Crippen LogP) is 2.30. The van der Waals surface area contributed by atoms with Crippen LogP contribution >= 0.6 is 0 Å². The van der Waals surface area contributed by atoms with Crippen molar-refractivity contribution in [2.75, 3.05) is 0 Å². The van der Waals surface area contributed by atoms with Crippen LogP contribution in [-0.2, 0) is 13.0 Å². The van der Waals surface area contributed by atoms with Crippen molar-refractivity contribution < 1.29 is 0 Å². The second kappa shape index (κ2) is 5.52. The number of rotatable bonds is 4. The van der Waals surface area contributed by atoms with E-state index in [2.05, 4.69) is 29.1 Å². The van der Waals surface area contributed by atoms with E-state index in [9.17, 15) is 0 Å². The van der Waals surface area contributed by atoms with E-state index < -0.39 is 0 Å². The minimum atomic E-state index is 0.183. The van der Waals surface area contributed by atoms with E-state index in [4.69, 9.17) is 11.0 Å². The normalized spacial score (nSPS) is 12.1. The lowest BCUT2D eigenvalue weighted by atomic mass is 10.1. The third-order valence-electron chi connectivity index (χ3n) is 2.79. The Hall–Kier alpha value is -2.05. The highest BCUT2D eigenvalue weighted by molar-refractivity contribution is 5.33. The molecule has 92 valence electrons. The van der Waals surface area contributed by atoms with Crippen molar-refractivity contribution in [1.82, 2.24) is 4.57 Å². The quantitative estimate of drug-likeness (QED) is 0.890. The maximum absolute atomic E-state index is 8.86. The molecular weight excluding hydrogens is 222 g/mol. The fraction of sp³-hybridized carbons (Fsp3) is 0.267. The Balaban J connectivity index is 2.09. The highest BCUT2D eigenvalue weighted by Crippen LogP contribution is 2.09. The molecule has 1 atom stereocenters. The van der Waals surface area contributed by atoms with Crippen molar-refractivity contribution in [3.63, 3.8) is 0 Å². The number of nitrogens with zero attached hydrogens (tertiary/aromatic N) is 2. The maximum atomic E-state index is 8.86. The van der Waals surface area contributed by atoms with Gasteiger partial charge in [-0.2, -0.15) is 5.26 Å². The third kappa shape index (κ3) is 3.22. The van der Waals surface area contributed by atoms with Gasteiger partial charge in [0.15, 0.2) is 0 Å². The Bertz CT molecular complexity index is 561. The van der Waals surface area contributed by atoms with Gasteiger partial charge in [-0.25, -0.2) is 0 Å². The van der Waals surface area contributed by atoms with E-state index in [1.165, 1.54) is 5.56 Å². The molecule has 0 amide bonds. The Morgan fingerprint density at radius 1 is 1.33 bits per heavy atom. The second-order valence-electron chi connectivity index (χ2n) is 4.69. The molecule has 1 unspecified atom stereocenters. The first-order valence-electron chi connectivity index (χ1n) is 6.06. The van der Waals surface area contributed by atoms with Crippen LogP contribution in [0.5, 0.6) is 0 Å². The summed E-state index contributed by atoms with van der Waals surface area (Å²) in [5, 5.41) is 8.86. The topological polar surface area (TPSA) is 54.7 Å². The lowest BCUT2D eigenvalue weighted by molar-refractivity contribution is 0.732. The molecular formula is C15H17N3. The van der Waals surface area contributed by atoms with E-state index >= 15 is 0 Å². The summed E-state index contributed by atoms with van der Waals surface area (Å²) < 4.78 is 2.12. The van der Waals surface area contributed by atoms with E-state index in [1.807, 2.05) is 31.2 Å². The average Bonchev–Trinajstić information content (AvgIpc) is 2.76. The van der Waals surface area contributed by atoms with Crippen LogP contribution in [0.15, 0.2) is 42.7 Å². The average molecular weight is 239 g/mol. The van der Waals surface area contributed by atoms with Gasteiger partial charge in [0.25, 0.3) is 0 Å². The minimum absolute atomic E-state index is 0.183. The highest BCUT2D eigenvalue weighted by Gasteiger charge is 2.01. The van der Waals surface area contributed by atoms with Crippen LogP contribution in [-0.4, -0.2) is 10.6 Å². The van der Waals surface area contributed by atoms with E-state index in [0.29, 0.717) is 5.56 Å². The molecule has 2 aromatic rings. The fourth-order valence-electron chi connectivity index (χ4n) is 2.03. The van der Waals surface area contributed by atoms with Gasteiger partial charge >= 0.3 is 0 Å². The first-order valence-corrected chi connectivity index (χ1v) is 6.06. The smallest absolute Gasteiger partial charge is 0.0991 e. The molecule has 0 fully saturated rings. The largest absolute Gasteiger partial charge is 0.350 e. The maximum Gasteiger partial charge on any atom is 0.0991 e. The lowest BCUT2D eigenvalue weighted by Crippen LogP contribution is -2.17. The molecule has 0 radical (unpaired) electrons. The van der Waals surface area contributed by atoms with Crippen LogP contribution in [0, 0.1) is 11.3 Å². The zero-order chi connectivity index (χ0) is 13.0. The summed E-state index contributed by atoms with van der Waals surface area (Å²) in [6.45, 7) is 2.79. The Morgan fingerprint density at radius 3 is 2.89 bits per heavy atom. The molecule has 0 saturated heterocycles. The first-order chi connectivity index (χ1) is 8.67. The van der Waals surface area contributed by atoms with Gasteiger partial charge in [-0.15, -0.1) is 0 Å². The van der Waals surface area contributed by atoms with Gasteiger partial charge in [-0.1, -0.05) is 12.1 Å². The van der Waals surface area contributed by atoms with Gasteiger partial charge in [0.1, 0.15) is 0 Å². The number of benzene rings is 1. The van der Waals surface area contributed by atoms with Crippen LogP contribution in [0.2, 0.25) is 0 Å². The molecule has 0 spiro atoms. The summed E-state index contributed by atoms with van der Waals surface area (Å²) in [4.78, 5) is 0. The summed E-state index contributed by atoms with van der Waals surface area (Å²) in [5.41, 5.74) is 8.87. The molecule has 2 N–H and O–H groups in total. The van der Waals surface area contributed by atoms with E-state index in [-0.39, 0.29) is 6.04 Å². The SMILES string of the molecule is CC(N)Cc1ccn(Cc2cccc(C#N)c2)c1. The summed E-state index contributed by atoms with van der Waals surface area (Å²) >= 11 is 0.